The molecule has 2 rings (SSSR count). The van der Waals surface area contributed by atoms with Crippen LogP contribution in [0.3, 0.4) is 0 Å². The molecule has 1 heterocycles. The first-order valence-electron chi connectivity index (χ1n) is 6.12. The number of aromatic nitrogens is 2. The standard InChI is InChI=1S/C14H19N3O2/c1-10(15)12-7-16-9-17(12)8-11-4-5-13(18-2)14(6-11)19-3/h4-7,9-10H,8,15H2,1-3H3/t10-/m0/s1. The molecule has 0 unspecified atom stereocenters. The minimum atomic E-state index is -0.0392. The van der Waals surface area contributed by atoms with E-state index < -0.39 is 0 Å². The maximum absolute atomic E-state index is 5.91. The fourth-order valence-corrected chi connectivity index (χ4v) is 2.02. The average molecular weight is 261 g/mol. The van der Waals surface area contributed by atoms with Crippen molar-refractivity contribution in [1.82, 2.24) is 9.55 Å². The largest absolute Gasteiger partial charge is 0.493 e. The van der Waals surface area contributed by atoms with Crippen LogP contribution in [0.1, 0.15) is 24.2 Å². The van der Waals surface area contributed by atoms with Crippen LogP contribution in [0.4, 0.5) is 0 Å². The highest BCUT2D eigenvalue weighted by Gasteiger charge is 2.09. The lowest BCUT2D eigenvalue weighted by Gasteiger charge is -2.13. The maximum Gasteiger partial charge on any atom is 0.161 e. The van der Waals surface area contributed by atoms with Gasteiger partial charge in [0.15, 0.2) is 11.5 Å². The minimum Gasteiger partial charge on any atom is -0.493 e. The molecule has 0 aliphatic carbocycles. The molecule has 102 valence electrons. The number of nitrogens with two attached hydrogens (primary N) is 1. The van der Waals surface area contributed by atoms with Gasteiger partial charge in [-0.15, -0.1) is 0 Å². The van der Waals surface area contributed by atoms with Gasteiger partial charge in [0.1, 0.15) is 0 Å². The molecule has 1 atom stereocenters. The molecule has 0 radical (unpaired) electrons. The SMILES string of the molecule is COc1ccc(Cn2cncc2[C@H](C)N)cc1OC. The van der Waals surface area contributed by atoms with Crippen LogP contribution in [0.2, 0.25) is 0 Å². The zero-order valence-electron chi connectivity index (χ0n) is 11.5. The van der Waals surface area contributed by atoms with E-state index in [0.29, 0.717) is 6.54 Å². The van der Waals surface area contributed by atoms with Crippen LogP contribution in [0.15, 0.2) is 30.7 Å². The first-order valence-corrected chi connectivity index (χ1v) is 6.12. The van der Waals surface area contributed by atoms with Crippen molar-refractivity contribution < 1.29 is 9.47 Å². The predicted octanol–water partition coefficient (Wildman–Crippen LogP) is 1.97. The van der Waals surface area contributed by atoms with Crippen LogP contribution in [-0.4, -0.2) is 23.8 Å². The molecule has 0 saturated carbocycles. The fraction of sp³-hybridized carbons (Fsp3) is 0.357. The molecule has 5 nitrogen and oxygen atoms in total. The molecule has 0 spiro atoms. The van der Waals surface area contributed by atoms with Crippen molar-refractivity contribution in [1.29, 1.82) is 0 Å². The summed E-state index contributed by atoms with van der Waals surface area (Å²) in [6.07, 6.45) is 3.58. The normalized spacial score (nSPS) is 12.2. The highest BCUT2D eigenvalue weighted by Crippen LogP contribution is 2.28. The number of imidazole rings is 1. The van der Waals surface area contributed by atoms with Gasteiger partial charge in [0.05, 0.1) is 26.2 Å². The van der Waals surface area contributed by atoms with Gasteiger partial charge in [-0.25, -0.2) is 4.98 Å². The molecule has 0 saturated heterocycles. The van der Waals surface area contributed by atoms with Gasteiger partial charge in [-0.05, 0) is 24.6 Å². The smallest absolute Gasteiger partial charge is 0.161 e. The Morgan fingerprint density at radius 2 is 2.00 bits per heavy atom. The third-order valence-electron chi connectivity index (χ3n) is 3.01. The predicted molar refractivity (Wildman–Crippen MR) is 73.5 cm³/mol. The lowest BCUT2D eigenvalue weighted by Crippen LogP contribution is -2.12. The van der Waals surface area contributed by atoms with Crippen LogP contribution in [0, 0.1) is 0 Å². The second-order valence-corrected chi connectivity index (χ2v) is 4.42. The van der Waals surface area contributed by atoms with Gasteiger partial charge in [-0.3, -0.25) is 0 Å². The van der Waals surface area contributed by atoms with E-state index in [1.54, 1.807) is 26.7 Å². The molecule has 0 bridgehead atoms. The van der Waals surface area contributed by atoms with E-state index >= 15 is 0 Å². The summed E-state index contributed by atoms with van der Waals surface area (Å²) in [5.74, 6) is 1.45. The topological polar surface area (TPSA) is 62.3 Å². The van der Waals surface area contributed by atoms with Crippen LogP contribution >= 0.6 is 0 Å². The fourth-order valence-electron chi connectivity index (χ4n) is 2.02. The molecular weight excluding hydrogens is 242 g/mol. The third-order valence-corrected chi connectivity index (χ3v) is 3.01. The summed E-state index contributed by atoms with van der Waals surface area (Å²) in [5.41, 5.74) is 8.03. The van der Waals surface area contributed by atoms with Gasteiger partial charge in [0.2, 0.25) is 0 Å². The summed E-state index contributed by atoms with van der Waals surface area (Å²) in [5, 5.41) is 0. The maximum atomic E-state index is 5.91. The van der Waals surface area contributed by atoms with Crippen molar-refractivity contribution in [2.45, 2.75) is 19.5 Å². The van der Waals surface area contributed by atoms with Crippen molar-refractivity contribution in [3.63, 3.8) is 0 Å². The number of benzene rings is 1. The Labute approximate surface area is 113 Å². The Morgan fingerprint density at radius 1 is 1.26 bits per heavy atom. The first-order chi connectivity index (χ1) is 9.15. The molecule has 0 aliphatic heterocycles. The number of rotatable bonds is 5. The lowest BCUT2D eigenvalue weighted by atomic mass is 10.2. The minimum absolute atomic E-state index is 0.0392. The second kappa shape index (κ2) is 5.75. The van der Waals surface area contributed by atoms with E-state index in [1.807, 2.05) is 29.7 Å². The lowest BCUT2D eigenvalue weighted by molar-refractivity contribution is 0.354. The highest BCUT2D eigenvalue weighted by atomic mass is 16.5. The van der Waals surface area contributed by atoms with E-state index in [-0.39, 0.29) is 6.04 Å². The van der Waals surface area contributed by atoms with Gasteiger partial charge in [0, 0.05) is 18.8 Å². The summed E-state index contributed by atoms with van der Waals surface area (Å²) in [4.78, 5) is 4.14. The van der Waals surface area contributed by atoms with Crippen LogP contribution in [-0.2, 0) is 6.54 Å². The van der Waals surface area contributed by atoms with Crippen LogP contribution in [0.5, 0.6) is 11.5 Å². The van der Waals surface area contributed by atoms with E-state index in [4.69, 9.17) is 15.2 Å². The van der Waals surface area contributed by atoms with Gasteiger partial charge < -0.3 is 19.8 Å². The van der Waals surface area contributed by atoms with Crippen molar-refractivity contribution in [3.8, 4) is 11.5 Å². The number of nitrogens with zero attached hydrogens (tertiary/aromatic N) is 2. The molecule has 1 aromatic heterocycles. The number of hydrogen-bond acceptors (Lipinski definition) is 4. The van der Waals surface area contributed by atoms with Gasteiger partial charge in [-0.1, -0.05) is 6.07 Å². The van der Waals surface area contributed by atoms with E-state index in [2.05, 4.69) is 4.98 Å². The number of hydrogen-bond donors (Lipinski definition) is 1. The van der Waals surface area contributed by atoms with Crippen molar-refractivity contribution in [2.75, 3.05) is 14.2 Å². The molecule has 0 fully saturated rings. The second-order valence-electron chi connectivity index (χ2n) is 4.42. The zero-order chi connectivity index (χ0) is 13.8. The van der Waals surface area contributed by atoms with Crippen LogP contribution < -0.4 is 15.2 Å². The summed E-state index contributed by atoms with van der Waals surface area (Å²) in [6.45, 7) is 2.65. The van der Waals surface area contributed by atoms with Gasteiger partial charge in [0.25, 0.3) is 0 Å². The van der Waals surface area contributed by atoms with Crippen molar-refractivity contribution in [2.24, 2.45) is 5.73 Å². The molecule has 0 amide bonds. The van der Waals surface area contributed by atoms with Crippen molar-refractivity contribution in [3.05, 3.63) is 42.0 Å². The monoisotopic (exact) mass is 261 g/mol. The molecular formula is C14H19N3O2. The quantitative estimate of drug-likeness (QED) is 0.893. The Morgan fingerprint density at radius 3 is 2.63 bits per heavy atom. The molecule has 2 aromatic rings. The Kier molecular flexibility index (Phi) is 4.06. The zero-order valence-corrected chi connectivity index (χ0v) is 11.5. The summed E-state index contributed by atoms with van der Waals surface area (Å²) in [6, 6.07) is 5.83. The van der Waals surface area contributed by atoms with Gasteiger partial charge >= 0.3 is 0 Å². The molecule has 19 heavy (non-hydrogen) atoms. The molecule has 2 N–H and O–H groups in total. The Balaban J connectivity index is 2.26. The first kappa shape index (κ1) is 13.4. The summed E-state index contributed by atoms with van der Waals surface area (Å²) >= 11 is 0. The van der Waals surface area contributed by atoms with Crippen LogP contribution in [0.25, 0.3) is 0 Å². The molecule has 5 heteroatoms. The Hall–Kier alpha value is -2.01. The Bertz CT molecular complexity index is 549. The van der Waals surface area contributed by atoms with E-state index in [0.717, 1.165) is 22.8 Å². The van der Waals surface area contributed by atoms with Crippen molar-refractivity contribution >= 4 is 0 Å². The molecule has 0 aliphatic rings. The number of methoxy groups -OCH3 is 2. The van der Waals surface area contributed by atoms with E-state index in [9.17, 15) is 0 Å². The number of ether oxygens (including phenoxy) is 2. The summed E-state index contributed by atoms with van der Waals surface area (Å²) in [7, 11) is 3.26. The van der Waals surface area contributed by atoms with Gasteiger partial charge in [-0.2, -0.15) is 0 Å². The third kappa shape index (κ3) is 2.88. The highest BCUT2D eigenvalue weighted by molar-refractivity contribution is 5.43. The summed E-state index contributed by atoms with van der Waals surface area (Å²) < 4.78 is 12.6. The molecule has 1 aromatic carbocycles. The van der Waals surface area contributed by atoms with E-state index in [1.165, 1.54) is 0 Å². The average Bonchev–Trinajstić information content (AvgIpc) is 2.87.